The molecule has 2 aromatic rings. The van der Waals surface area contributed by atoms with Crippen LogP contribution in [0.2, 0.25) is 5.02 Å². The van der Waals surface area contributed by atoms with Gasteiger partial charge in [-0.15, -0.1) is 0 Å². The van der Waals surface area contributed by atoms with Crippen LogP contribution in [0, 0.1) is 0 Å². The Bertz CT molecular complexity index is 666. The van der Waals surface area contributed by atoms with Gasteiger partial charge in [-0.1, -0.05) is 29.8 Å². The van der Waals surface area contributed by atoms with Gasteiger partial charge in [0.1, 0.15) is 0 Å². The van der Waals surface area contributed by atoms with E-state index in [1.807, 2.05) is 24.4 Å². The Morgan fingerprint density at radius 3 is 2.61 bits per heavy atom. The Balaban J connectivity index is 2.08. The van der Waals surface area contributed by atoms with Crippen LogP contribution in [0.4, 0.5) is 5.95 Å². The number of rotatable bonds is 4. The molecule has 5 heteroatoms. The third-order valence-corrected chi connectivity index (χ3v) is 4.74. The van der Waals surface area contributed by atoms with Gasteiger partial charge in [-0.2, -0.15) is 0 Å². The second-order valence-corrected chi connectivity index (χ2v) is 6.78. The van der Waals surface area contributed by atoms with E-state index in [0.29, 0.717) is 12.0 Å². The molecule has 1 fully saturated rings. The summed E-state index contributed by atoms with van der Waals surface area (Å²) in [5, 5.41) is 7.55. The monoisotopic (exact) mass is 330 g/mol. The number of aromatic nitrogens is 2. The van der Waals surface area contributed by atoms with Crippen LogP contribution in [0.5, 0.6) is 0 Å². The lowest BCUT2D eigenvalue weighted by Gasteiger charge is -2.38. The van der Waals surface area contributed by atoms with Gasteiger partial charge in [0, 0.05) is 22.7 Å². The number of nitrogens with zero attached hydrogens (tertiary/aromatic N) is 2. The van der Waals surface area contributed by atoms with Crippen LogP contribution in [0.15, 0.2) is 36.5 Å². The van der Waals surface area contributed by atoms with Crippen molar-refractivity contribution in [1.82, 2.24) is 15.3 Å². The normalized spacial score (nSPS) is 17.2. The van der Waals surface area contributed by atoms with E-state index < -0.39 is 0 Å². The first-order chi connectivity index (χ1) is 11.1. The van der Waals surface area contributed by atoms with Crippen molar-refractivity contribution in [2.45, 2.75) is 38.1 Å². The van der Waals surface area contributed by atoms with E-state index in [2.05, 4.69) is 41.6 Å². The molecule has 0 aliphatic carbocycles. The molecule has 0 spiro atoms. The summed E-state index contributed by atoms with van der Waals surface area (Å²) in [5.41, 5.74) is 2.06. The lowest BCUT2D eigenvalue weighted by atomic mass is 9.70. The molecule has 2 N–H and O–H groups in total. The van der Waals surface area contributed by atoms with Gasteiger partial charge in [-0.3, -0.25) is 0 Å². The van der Waals surface area contributed by atoms with Gasteiger partial charge in [-0.05, 0) is 57.5 Å². The summed E-state index contributed by atoms with van der Waals surface area (Å²) in [4.78, 5) is 9.17. The molecule has 1 aliphatic heterocycles. The molecule has 4 nitrogen and oxygen atoms in total. The molecule has 1 aromatic carbocycles. The average Bonchev–Trinajstić information content (AvgIpc) is 2.55. The van der Waals surface area contributed by atoms with E-state index >= 15 is 0 Å². The summed E-state index contributed by atoms with van der Waals surface area (Å²) in [6, 6.07) is 10.5. The van der Waals surface area contributed by atoms with E-state index in [4.69, 9.17) is 16.6 Å². The standard InChI is InChI=1S/C18H23ClN4/c1-13(2)22-17-21-10-7-16(23-17)18(8-11-20-12-9-18)14-5-3-4-6-15(14)19/h3-7,10,13,20H,8-9,11-12H2,1-2H3,(H,21,22,23). The predicted octanol–water partition coefficient (Wildman–Crippen LogP) is 3.62. The maximum atomic E-state index is 6.54. The minimum absolute atomic E-state index is 0.153. The van der Waals surface area contributed by atoms with Gasteiger partial charge >= 0.3 is 0 Å². The molecule has 122 valence electrons. The molecular formula is C18H23ClN4. The van der Waals surface area contributed by atoms with Crippen molar-refractivity contribution in [2.24, 2.45) is 0 Å². The SMILES string of the molecule is CC(C)Nc1nccc(C2(c3ccccc3Cl)CCNCC2)n1. The van der Waals surface area contributed by atoms with Gasteiger partial charge in [0.05, 0.1) is 5.69 Å². The van der Waals surface area contributed by atoms with E-state index in [1.165, 1.54) is 0 Å². The summed E-state index contributed by atoms with van der Waals surface area (Å²) >= 11 is 6.54. The molecule has 0 amide bonds. The van der Waals surface area contributed by atoms with E-state index in [9.17, 15) is 0 Å². The molecule has 1 aliphatic rings. The number of anilines is 1. The molecule has 1 saturated heterocycles. The van der Waals surface area contributed by atoms with Crippen LogP contribution < -0.4 is 10.6 Å². The quantitative estimate of drug-likeness (QED) is 0.899. The lowest BCUT2D eigenvalue weighted by molar-refractivity contribution is 0.354. The molecule has 0 bridgehead atoms. The van der Waals surface area contributed by atoms with Crippen LogP contribution in [-0.4, -0.2) is 29.1 Å². The number of piperidine rings is 1. The first kappa shape index (κ1) is 16.2. The molecular weight excluding hydrogens is 308 g/mol. The fraction of sp³-hybridized carbons (Fsp3) is 0.444. The maximum Gasteiger partial charge on any atom is 0.223 e. The van der Waals surface area contributed by atoms with Crippen LogP contribution in [-0.2, 0) is 5.41 Å². The third kappa shape index (κ3) is 3.33. The van der Waals surface area contributed by atoms with Crippen molar-refractivity contribution >= 4 is 17.5 Å². The van der Waals surface area contributed by atoms with Gasteiger partial charge in [0.25, 0.3) is 0 Å². The third-order valence-electron chi connectivity index (χ3n) is 4.41. The zero-order chi connectivity index (χ0) is 16.3. The minimum Gasteiger partial charge on any atom is -0.352 e. The average molecular weight is 331 g/mol. The molecule has 0 saturated carbocycles. The van der Waals surface area contributed by atoms with E-state index in [-0.39, 0.29) is 5.41 Å². The van der Waals surface area contributed by atoms with Crippen molar-refractivity contribution in [1.29, 1.82) is 0 Å². The van der Waals surface area contributed by atoms with Crippen molar-refractivity contribution in [3.05, 3.63) is 52.8 Å². The highest BCUT2D eigenvalue weighted by Crippen LogP contribution is 2.42. The highest BCUT2D eigenvalue weighted by atomic mass is 35.5. The predicted molar refractivity (Wildman–Crippen MR) is 95.1 cm³/mol. The number of halogens is 1. The number of hydrogen-bond acceptors (Lipinski definition) is 4. The van der Waals surface area contributed by atoms with Crippen molar-refractivity contribution in [3.63, 3.8) is 0 Å². The molecule has 0 radical (unpaired) electrons. The van der Waals surface area contributed by atoms with Crippen molar-refractivity contribution < 1.29 is 0 Å². The lowest BCUT2D eigenvalue weighted by Crippen LogP contribution is -2.41. The topological polar surface area (TPSA) is 49.8 Å². The fourth-order valence-electron chi connectivity index (χ4n) is 3.32. The number of nitrogens with one attached hydrogen (secondary N) is 2. The van der Waals surface area contributed by atoms with Gasteiger partial charge in [-0.25, -0.2) is 9.97 Å². The highest BCUT2D eigenvalue weighted by molar-refractivity contribution is 6.31. The summed E-state index contributed by atoms with van der Waals surface area (Å²) < 4.78 is 0. The summed E-state index contributed by atoms with van der Waals surface area (Å²) in [5.74, 6) is 0.683. The van der Waals surface area contributed by atoms with Crippen LogP contribution >= 0.6 is 11.6 Å². The zero-order valence-electron chi connectivity index (χ0n) is 13.6. The van der Waals surface area contributed by atoms with E-state index in [0.717, 1.165) is 42.2 Å². The first-order valence-corrected chi connectivity index (χ1v) is 8.55. The number of hydrogen-bond donors (Lipinski definition) is 2. The molecule has 0 unspecified atom stereocenters. The van der Waals surface area contributed by atoms with Crippen LogP contribution in [0.25, 0.3) is 0 Å². The second kappa shape index (κ2) is 6.85. The molecule has 2 heterocycles. The van der Waals surface area contributed by atoms with Gasteiger partial charge < -0.3 is 10.6 Å². The molecule has 1 aromatic heterocycles. The Morgan fingerprint density at radius 2 is 1.91 bits per heavy atom. The largest absolute Gasteiger partial charge is 0.352 e. The van der Waals surface area contributed by atoms with Gasteiger partial charge in [0.15, 0.2) is 0 Å². The summed E-state index contributed by atoms with van der Waals surface area (Å²) in [6.45, 7) is 6.10. The Morgan fingerprint density at radius 1 is 1.17 bits per heavy atom. The Hall–Kier alpha value is -1.65. The second-order valence-electron chi connectivity index (χ2n) is 6.38. The fourth-order valence-corrected chi connectivity index (χ4v) is 3.64. The molecule has 23 heavy (non-hydrogen) atoms. The number of benzene rings is 1. The van der Waals surface area contributed by atoms with Crippen LogP contribution in [0.1, 0.15) is 37.9 Å². The smallest absolute Gasteiger partial charge is 0.223 e. The Kier molecular flexibility index (Phi) is 4.83. The van der Waals surface area contributed by atoms with Gasteiger partial charge in [0.2, 0.25) is 5.95 Å². The van der Waals surface area contributed by atoms with Crippen LogP contribution in [0.3, 0.4) is 0 Å². The first-order valence-electron chi connectivity index (χ1n) is 8.17. The molecule has 0 atom stereocenters. The molecule has 3 rings (SSSR count). The highest BCUT2D eigenvalue weighted by Gasteiger charge is 2.38. The zero-order valence-corrected chi connectivity index (χ0v) is 14.4. The minimum atomic E-state index is -0.153. The summed E-state index contributed by atoms with van der Waals surface area (Å²) in [6.07, 6.45) is 3.80. The van der Waals surface area contributed by atoms with Crippen molar-refractivity contribution in [2.75, 3.05) is 18.4 Å². The van der Waals surface area contributed by atoms with E-state index in [1.54, 1.807) is 0 Å². The maximum absolute atomic E-state index is 6.54. The Labute approximate surface area is 142 Å². The van der Waals surface area contributed by atoms with Crippen molar-refractivity contribution in [3.8, 4) is 0 Å². The summed E-state index contributed by atoms with van der Waals surface area (Å²) in [7, 11) is 0.